The van der Waals surface area contributed by atoms with E-state index in [2.05, 4.69) is 0 Å². The summed E-state index contributed by atoms with van der Waals surface area (Å²) in [4.78, 5) is 14.0. The Morgan fingerprint density at radius 3 is 3.05 bits per heavy atom. The lowest BCUT2D eigenvalue weighted by molar-refractivity contribution is -0.132. The van der Waals surface area contributed by atoms with Crippen LogP contribution in [0.25, 0.3) is 0 Å². The Morgan fingerprint density at radius 1 is 1.35 bits per heavy atom. The third kappa shape index (κ3) is 2.58. The molecule has 1 saturated heterocycles. The Kier molecular flexibility index (Phi) is 3.78. The van der Waals surface area contributed by atoms with Crippen LogP contribution in [0.2, 0.25) is 0 Å². The fourth-order valence-corrected chi connectivity index (χ4v) is 2.85. The molecule has 108 valence electrons. The number of ether oxygens (including phenoxy) is 2. The maximum atomic E-state index is 12.2. The molecule has 2 aliphatic rings. The summed E-state index contributed by atoms with van der Waals surface area (Å²) in [6.07, 6.45) is 3.05. The Balaban J connectivity index is 1.58. The van der Waals surface area contributed by atoms with Gasteiger partial charge in [0.05, 0.1) is 12.6 Å². The standard InChI is InChI=1S/C15H19NO4/c17-9-12-2-1-7-16(12)15(18)6-4-11-3-5-13-14(8-11)20-10-19-13/h3,5,8,12,17H,1-2,4,6-7,9-10H2. The lowest BCUT2D eigenvalue weighted by atomic mass is 10.1. The van der Waals surface area contributed by atoms with Gasteiger partial charge in [-0.15, -0.1) is 0 Å². The minimum Gasteiger partial charge on any atom is -0.454 e. The molecule has 0 saturated carbocycles. The monoisotopic (exact) mass is 277 g/mol. The van der Waals surface area contributed by atoms with Gasteiger partial charge in [-0.25, -0.2) is 0 Å². The molecular weight excluding hydrogens is 258 g/mol. The minimum absolute atomic E-state index is 0.0132. The summed E-state index contributed by atoms with van der Waals surface area (Å²) < 4.78 is 10.6. The lowest BCUT2D eigenvalue weighted by Gasteiger charge is -2.23. The molecule has 0 aromatic heterocycles. The second kappa shape index (κ2) is 5.71. The van der Waals surface area contributed by atoms with Crippen molar-refractivity contribution in [3.8, 4) is 11.5 Å². The van der Waals surface area contributed by atoms with E-state index in [1.807, 2.05) is 23.1 Å². The van der Waals surface area contributed by atoms with Gasteiger partial charge in [-0.2, -0.15) is 0 Å². The van der Waals surface area contributed by atoms with Gasteiger partial charge in [0.1, 0.15) is 0 Å². The fraction of sp³-hybridized carbons (Fsp3) is 0.533. The molecule has 20 heavy (non-hydrogen) atoms. The molecule has 2 aliphatic heterocycles. The van der Waals surface area contributed by atoms with Gasteiger partial charge in [-0.3, -0.25) is 4.79 Å². The van der Waals surface area contributed by atoms with E-state index >= 15 is 0 Å². The number of aryl methyl sites for hydroxylation is 1. The summed E-state index contributed by atoms with van der Waals surface area (Å²) in [5.41, 5.74) is 1.07. The van der Waals surface area contributed by atoms with Crippen molar-refractivity contribution in [3.05, 3.63) is 23.8 Å². The highest BCUT2D eigenvalue weighted by Crippen LogP contribution is 2.32. The number of aliphatic hydroxyl groups is 1. The van der Waals surface area contributed by atoms with Crippen LogP contribution in [0.1, 0.15) is 24.8 Å². The highest BCUT2D eigenvalue weighted by atomic mass is 16.7. The number of likely N-dealkylation sites (tertiary alicyclic amines) is 1. The maximum absolute atomic E-state index is 12.2. The third-order valence-electron chi connectivity index (χ3n) is 3.97. The van der Waals surface area contributed by atoms with E-state index in [0.717, 1.165) is 36.4 Å². The van der Waals surface area contributed by atoms with Gasteiger partial charge in [0.15, 0.2) is 11.5 Å². The summed E-state index contributed by atoms with van der Waals surface area (Å²) in [5, 5.41) is 9.25. The van der Waals surface area contributed by atoms with Crippen molar-refractivity contribution < 1.29 is 19.4 Å². The van der Waals surface area contributed by atoms with Crippen LogP contribution in [0.15, 0.2) is 18.2 Å². The van der Waals surface area contributed by atoms with Crippen LogP contribution >= 0.6 is 0 Å². The molecular formula is C15H19NO4. The molecule has 1 aromatic rings. The molecule has 1 N–H and O–H groups in total. The predicted octanol–water partition coefficient (Wildman–Crippen LogP) is 1.33. The summed E-state index contributed by atoms with van der Waals surface area (Å²) in [5.74, 6) is 1.64. The van der Waals surface area contributed by atoms with Crippen LogP contribution in [0, 0.1) is 0 Å². The number of rotatable bonds is 4. The highest BCUT2D eigenvalue weighted by Gasteiger charge is 2.27. The van der Waals surface area contributed by atoms with Crippen LogP contribution in [-0.4, -0.2) is 41.9 Å². The van der Waals surface area contributed by atoms with Gasteiger partial charge < -0.3 is 19.5 Å². The summed E-state index contributed by atoms with van der Waals surface area (Å²) >= 11 is 0. The van der Waals surface area contributed by atoms with E-state index in [0.29, 0.717) is 12.8 Å². The van der Waals surface area contributed by atoms with Crippen LogP contribution in [0.5, 0.6) is 11.5 Å². The first kappa shape index (κ1) is 13.2. The van der Waals surface area contributed by atoms with Gasteiger partial charge in [0.2, 0.25) is 12.7 Å². The molecule has 5 heteroatoms. The minimum atomic E-state index is 0.0132. The predicted molar refractivity (Wildman–Crippen MR) is 72.7 cm³/mol. The van der Waals surface area contributed by atoms with Crippen molar-refractivity contribution in [2.45, 2.75) is 31.7 Å². The topological polar surface area (TPSA) is 59.0 Å². The van der Waals surface area contributed by atoms with Crippen LogP contribution in [0.3, 0.4) is 0 Å². The van der Waals surface area contributed by atoms with Crippen molar-refractivity contribution in [3.63, 3.8) is 0 Å². The van der Waals surface area contributed by atoms with E-state index in [1.54, 1.807) is 0 Å². The van der Waals surface area contributed by atoms with E-state index in [9.17, 15) is 9.90 Å². The number of nitrogens with zero attached hydrogens (tertiary/aromatic N) is 1. The third-order valence-corrected chi connectivity index (χ3v) is 3.97. The van der Waals surface area contributed by atoms with E-state index in [1.165, 1.54) is 0 Å². The lowest BCUT2D eigenvalue weighted by Crippen LogP contribution is -2.37. The van der Waals surface area contributed by atoms with Gasteiger partial charge >= 0.3 is 0 Å². The zero-order valence-electron chi connectivity index (χ0n) is 11.4. The molecule has 1 amide bonds. The SMILES string of the molecule is O=C(CCc1ccc2c(c1)OCO2)N1CCCC1CO. The number of benzene rings is 1. The molecule has 1 unspecified atom stereocenters. The van der Waals surface area contributed by atoms with Crippen molar-refractivity contribution in [2.24, 2.45) is 0 Å². The molecule has 1 atom stereocenters. The first-order valence-corrected chi connectivity index (χ1v) is 7.07. The Morgan fingerprint density at radius 2 is 2.20 bits per heavy atom. The van der Waals surface area contributed by atoms with Crippen molar-refractivity contribution in [1.29, 1.82) is 0 Å². The zero-order valence-corrected chi connectivity index (χ0v) is 11.4. The van der Waals surface area contributed by atoms with Crippen molar-refractivity contribution >= 4 is 5.91 Å². The molecule has 5 nitrogen and oxygen atoms in total. The number of fused-ring (bicyclic) bond motifs is 1. The summed E-state index contributed by atoms with van der Waals surface area (Å²) in [7, 11) is 0. The first-order valence-electron chi connectivity index (χ1n) is 7.07. The highest BCUT2D eigenvalue weighted by molar-refractivity contribution is 5.77. The fourth-order valence-electron chi connectivity index (χ4n) is 2.85. The van der Waals surface area contributed by atoms with Crippen LogP contribution < -0.4 is 9.47 Å². The normalized spacial score (nSPS) is 20.4. The van der Waals surface area contributed by atoms with Gasteiger partial charge in [0.25, 0.3) is 0 Å². The first-order chi connectivity index (χ1) is 9.78. The van der Waals surface area contributed by atoms with Gasteiger partial charge in [-0.05, 0) is 37.0 Å². The number of hydrogen-bond donors (Lipinski definition) is 1. The van der Waals surface area contributed by atoms with Gasteiger partial charge in [0, 0.05) is 13.0 Å². The second-order valence-corrected chi connectivity index (χ2v) is 5.25. The molecule has 0 bridgehead atoms. The smallest absolute Gasteiger partial charge is 0.231 e. The number of carbonyl (C=O) groups is 1. The maximum Gasteiger partial charge on any atom is 0.231 e. The molecule has 0 radical (unpaired) electrons. The molecule has 0 spiro atoms. The second-order valence-electron chi connectivity index (χ2n) is 5.25. The molecule has 1 aromatic carbocycles. The van der Waals surface area contributed by atoms with Crippen molar-refractivity contribution in [1.82, 2.24) is 4.90 Å². The van der Waals surface area contributed by atoms with Gasteiger partial charge in [-0.1, -0.05) is 6.07 Å². The van der Waals surface area contributed by atoms with Crippen molar-refractivity contribution in [2.75, 3.05) is 19.9 Å². The average molecular weight is 277 g/mol. The largest absolute Gasteiger partial charge is 0.454 e. The summed E-state index contributed by atoms with van der Waals surface area (Å²) in [6.45, 7) is 1.10. The van der Waals surface area contributed by atoms with E-state index in [4.69, 9.17) is 9.47 Å². The molecule has 1 fully saturated rings. The molecule has 3 rings (SSSR count). The summed E-state index contributed by atoms with van der Waals surface area (Å²) in [6, 6.07) is 5.80. The van der Waals surface area contributed by atoms with Crippen LogP contribution in [0.4, 0.5) is 0 Å². The molecule has 0 aliphatic carbocycles. The Bertz CT molecular complexity index is 503. The number of carbonyl (C=O) groups excluding carboxylic acids is 1. The van der Waals surface area contributed by atoms with E-state index < -0.39 is 0 Å². The zero-order chi connectivity index (χ0) is 13.9. The molecule has 2 heterocycles. The average Bonchev–Trinajstić information content (AvgIpc) is 3.12. The number of amides is 1. The van der Waals surface area contributed by atoms with Crippen LogP contribution in [-0.2, 0) is 11.2 Å². The number of aliphatic hydroxyl groups excluding tert-OH is 1. The van der Waals surface area contributed by atoms with E-state index in [-0.39, 0.29) is 25.3 Å². The quantitative estimate of drug-likeness (QED) is 0.902. The number of hydrogen-bond acceptors (Lipinski definition) is 4. The Hall–Kier alpha value is -1.75. The Labute approximate surface area is 118 Å².